The number of fused-ring (bicyclic) bond motifs is 1. The molecule has 0 radical (unpaired) electrons. The number of benzene rings is 2. The van der Waals surface area contributed by atoms with E-state index in [2.05, 4.69) is 10.1 Å². The van der Waals surface area contributed by atoms with E-state index in [0.29, 0.717) is 5.56 Å². The number of aliphatic hydroxyl groups is 1. The van der Waals surface area contributed by atoms with Gasteiger partial charge in [0.25, 0.3) is 11.6 Å². The number of halogens is 3. The number of nitrogens with zero attached hydrogens (tertiary/aromatic N) is 1. The Hall–Kier alpha value is -3.34. The largest absolute Gasteiger partial charge is 0.573 e. The van der Waals surface area contributed by atoms with E-state index in [4.69, 9.17) is 4.74 Å². The number of nitrogens with one attached hydrogen (secondary N) is 1. The number of nitro groups is 1. The van der Waals surface area contributed by atoms with Crippen molar-refractivity contribution in [3.8, 4) is 11.5 Å². The molecule has 2 N–H and O–H groups in total. The lowest BCUT2D eigenvalue weighted by Crippen LogP contribution is -2.53. The van der Waals surface area contributed by atoms with E-state index in [1.807, 2.05) is 0 Å². The number of aliphatic hydroxyl groups excluding tert-OH is 1. The Labute approximate surface area is 174 Å². The fourth-order valence-corrected chi connectivity index (χ4v) is 3.44. The third-order valence-electron chi connectivity index (χ3n) is 4.91. The minimum Gasteiger partial charge on any atom is -0.485 e. The summed E-state index contributed by atoms with van der Waals surface area (Å²) in [5.41, 5.74) is -1.50. The molecule has 0 aromatic heterocycles. The second-order valence-corrected chi connectivity index (χ2v) is 7.58. The summed E-state index contributed by atoms with van der Waals surface area (Å²) in [5, 5.41) is 24.6. The van der Waals surface area contributed by atoms with Gasteiger partial charge in [-0.1, -0.05) is 12.1 Å². The van der Waals surface area contributed by atoms with Gasteiger partial charge in [0.1, 0.15) is 28.8 Å². The number of carbonyl (C=O) groups excluding carboxylic acids is 1. The first-order valence-electron chi connectivity index (χ1n) is 9.12. The Balaban J connectivity index is 2.04. The summed E-state index contributed by atoms with van der Waals surface area (Å²) in [6.07, 6.45) is -6.32. The maximum absolute atomic E-state index is 13.0. The van der Waals surface area contributed by atoms with Crippen molar-refractivity contribution >= 4 is 11.6 Å². The molecule has 11 heteroatoms. The van der Waals surface area contributed by atoms with Crippen molar-refractivity contribution < 1.29 is 37.5 Å². The van der Waals surface area contributed by atoms with E-state index in [9.17, 15) is 33.2 Å². The Morgan fingerprint density at radius 2 is 1.97 bits per heavy atom. The van der Waals surface area contributed by atoms with Gasteiger partial charge >= 0.3 is 6.36 Å². The summed E-state index contributed by atoms with van der Waals surface area (Å²) in [6.45, 7) is 4.59. The lowest BCUT2D eigenvalue weighted by atomic mass is 9.86. The molecule has 1 heterocycles. The maximum atomic E-state index is 13.0. The number of hydrogen-bond donors (Lipinski definition) is 2. The molecular formula is C20H19F3N2O6. The standard InChI is InChI=1S/C20H19F3N2O6/c1-10-5-4-6-13(25(28)29)15(10)18(27)24-16-12-9-11(30-20(21,22)23)7-8-14(12)31-19(2,3)17(16)26/h4-9,16-17,26H,1-3H3,(H,24,27). The highest BCUT2D eigenvalue weighted by Crippen LogP contribution is 2.42. The highest BCUT2D eigenvalue weighted by Gasteiger charge is 2.44. The van der Waals surface area contributed by atoms with Crippen molar-refractivity contribution in [1.82, 2.24) is 5.32 Å². The number of amides is 1. The number of nitro benzene ring substituents is 1. The summed E-state index contributed by atoms with van der Waals surface area (Å²) >= 11 is 0. The third kappa shape index (κ3) is 4.55. The van der Waals surface area contributed by atoms with E-state index in [1.165, 1.54) is 39.0 Å². The predicted octanol–water partition coefficient (Wildman–Crippen LogP) is 3.80. The van der Waals surface area contributed by atoms with Gasteiger partial charge in [-0.3, -0.25) is 14.9 Å². The van der Waals surface area contributed by atoms with Gasteiger partial charge in [-0.05, 0) is 44.5 Å². The second kappa shape index (κ2) is 7.73. The summed E-state index contributed by atoms with van der Waals surface area (Å²) in [7, 11) is 0. The van der Waals surface area contributed by atoms with Crippen LogP contribution in [0.2, 0.25) is 0 Å². The average Bonchev–Trinajstić information content (AvgIpc) is 2.64. The fourth-order valence-electron chi connectivity index (χ4n) is 3.44. The molecule has 3 rings (SSSR count). The molecule has 1 aliphatic heterocycles. The van der Waals surface area contributed by atoms with Crippen molar-refractivity contribution in [3.05, 3.63) is 63.2 Å². The molecule has 2 atom stereocenters. The molecule has 2 aromatic carbocycles. The van der Waals surface area contributed by atoms with Crippen LogP contribution in [0, 0.1) is 17.0 Å². The number of hydrogen-bond acceptors (Lipinski definition) is 6. The van der Waals surface area contributed by atoms with Crippen LogP contribution in [0.15, 0.2) is 36.4 Å². The zero-order valence-electron chi connectivity index (χ0n) is 16.7. The SMILES string of the molecule is Cc1cccc([N+](=O)[O-])c1C(=O)NC1c2cc(OC(F)(F)F)ccc2OC(C)(C)C1O. The fraction of sp³-hybridized carbons (Fsp3) is 0.350. The van der Waals surface area contributed by atoms with E-state index >= 15 is 0 Å². The molecule has 0 saturated carbocycles. The van der Waals surface area contributed by atoms with Crippen LogP contribution in [0.25, 0.3) is 0 Å². The number of rotatable bonds is 4. The van der Waals surface area contributed by atoms with Gasteiger partial charge in [0, 0.05) is 11.6 Å². The van der Waals surface area contributed by atoms with E-state index in [1.54, 1.807) is 0 Å². The molecule has 8 nitrogen and oxygen atoms in total. The molecule has 0 aliphatic carbocycles. The minimum atomic E-state index is -4.94. The van der Waals surface area contributed by atoms with Crippen molar-refractivity contribution in [2.24, 2.45) is 0 Å². The minimum absolute atomic E-state index is 0.0400. The van der Waals surface area contributed by atoms with Gasteiger partial charge in [0.05, 0.1) is 11.0 Å². The van der Waals surface area contributed by atoms with Crippen LogP contribution in [-0.4, -0.2) is 34.0 Å². The zero-order valence-corrected chi connectivity index (χ0v) is 16.7. The van der Waals surface area contributed by atoms with Crippen LogP contribution < -0.4 is 14.8 Å². The Morgan fingerprint density at radius 1 is 1.29 bits per heavy atom. The highest BCUT2D eigenvalue weighted by molar-refractivity contribution is 5.99. The first kappa shape index (κ1) is 22.3. The topological polar surface area (TPSA) is 111 Å². The second-order valence-electron chi connectivity index (χ2n) is 7.58. The molecule has 2 unspecified atom stereocenters. The number of carbonyl (C=O) groups is 1. The van der Waals surface area contributed by atoms with Crippen molar-refractivity contribution in [2.45, 2.75) is 44.9 Å². The van der Waals surface area contributed by atoms with Crippen LogP contribution in [0.3, 0.4) is 0 Å². The molecule has 166 valence electrons. The van der Waals surface area contributed by atoms with Crippen molar-refractivity contribution in [2.75, 3.05) is 0 Å². The highest BCUT2D eigenvalue weighted by atomic mass is 19.4. The zero-order chi connectivity index (χ0) is 23.1. The van der Waals surface area contributed by atoms with E-state index in [-0.39, 0.29) is 16.9 Å². The van der Waals surface area contributed by atoms with Crippen molar-refractivity contribution in [1.29, 1.82) is 0 Å². The summed E-state index contributed by atoms with van der Waals surface area (Å²) in [6, 6.07) is 6.16. The van der Waals surface area contributed by atoms with Gasteiger partial charge in [-0.15, -0.1) is 13.2 Å². The van der Waals surface area contributed by atoms with Gasteiger partial charge < -0.3 is 19.9 Å². The van der Waals surface area contributed by atoms with Gasteiger partial charge in [-0.2, -0.15) is 0 Å². The molecule has 0 spiro atoms. The molecule has 2 aromatic rings. The van der Waals surface area contributed by atoms with Gasteiger partial charge in [0.15, 0.2) is 0 Å². The van der Waals surface area contributed by atoms with E-state index in [0.717, 1.165) is 18.2 Å². The first-order valence-corrected chi connectivity index (χ1v) is 9.12. The summed E-state index contributed by atoms with van der Waals surface area (Å²) < 4.78 is 47.5. The van der Waals surface area contributed by atoms with Gasteiger partial charge in [-0.25, -0.2) is 0 Å². The molecule has 0 saturated heterocycles. The maximum Gasteiger partial charge on any atom is 0.573 e. The Morgan fingerprint density at radius 3 is 2.58 bits per heavy atom. The monoisotopic (exact) mass is 440 g/mol. The molecule has 0 fully saturated rings. The number of alkyl halides is 3. The van der Waals surface area contributed by atoms with Crippen LogP contribution in [0.4, 0.5) is 18.9 Å². The molecule has 31 heavy (non-hydrogen) atoms. The smallest absolute Gasteiger partial charge is 0.485 e. The normalized spacial score (nSPS) is 19.7. The summed E-state index contributed by atoms with van der Waals surface area (Å²) in [5.74, 6) is -1.29. The molecule has 0 bridgehead atoms. The Kier molecular flexibility index (Phi) is 5.57. The Bertz CT molecular complexity index is 1040. The lowest BCUT2D eigenvalue weighted by Gasteiger charge is -2.42. The number of ether oxygens (including phenoxy) is 2. The molecule has 1 aliphatic rings. The predicted molar refractivity (Wildman–Crippen MR) is 102 cm³/mol. The molecular weight excluding hydrogens is 421 g/mol. The van der Waals surface area contributed by atoms with E-state index < -0.39 is 46.4 Å². The number of aryl methyl sites for hydroxylation is 1. The first-order chi connectivity index (χ1) is 14.3. The van der Waals surface area contributed by atoms with Crippen LogP contribution in [0.1, 0.15) is 41.4 Å². The van der Waals surface area contributed by atoms with Crippen LogP contribution >= 0.6 is 0 Å². The third-order valence-corrected chi connectivity index (χ3v) is 4.91. The van der Waals surface area contributed by atoms with Crippen LogP contribution in [0.5, 0.6) is 11.5 Å². The van der Waals surface area contributed by atoms with Crippen LogP contribution in [-0.2, 0) is 0 Å². The quantitative estimate of drug-likeness (QED) is 0.553. The summed E-state index contributed by atoms with van der Waals surface area (Å²) in [4.78, 5) is 23.6. The lowest BCUT2D eigenvalue weighted by molar-refractivity contribution is -0.385. The van der Waals surface area contributed by atoms with Crippen molar-refractivity contribution in [3.63, 3.8) is 0 Å². The van der Waals surface area contributed by atoms with Gasteiger partial charge in [0.2, 0.25) is 0 Å². The average molecular weight is 440 g/mol. The molecule has 1 amide bonds.